The van der Waals surface area contributed by atoms with Gasteiger partial charge in [-0.3, -0.25) is 14.9 Å². The molecule has 0 aliphatic carbocycles. The van der Waals surface area contributed by atoms with Crippen molar-refractivity contribution in [1.82, 2.24) is 18.0 Å². The van der Waals surface area contributed by atoms with E-state index in [1.165, 1.54) is 6.20 Å². The first-order valence-electron chi connectivity index (χ1n) is 4.66. The molecule has 18 heavy (non-hydrogen) atoms. The van der Waals surface area contributed by atoms with Crippen molar-refractivity contribution >= 4 is 50.7 Å². The van der Waals surface area contributed by atoms with E-state index in [-0.39, 0.29) is 6.54 Å². The Balaban J connectivity index is 2.65. The molecule has 1 fully saturated rings. The van der Waals surface area contributed by atoms with E-state index >= 15 is 0 Å². The molecule has 1 atom stereocenters. The van der Waals surface area contributed by atoms with Crippen molar-refractivity contribution in [3.05, 3.63) is 33.1 Å². The molecule has 0 radical (unpaired) electrons. The number of rotatable bonds is 1. The third-order valence-corrected chi connectivity index (χ3v) is 4.08. The average Bonchev–Trinajstić information content (AvgIpc) is 2.30. The van der Waals surface area contributed by atoms with E-state index in [4.69, 9.17) is 0 Å². The highest BCUT2D eigenvalue weighted by Gasteiger charge is 2.44. The van der Waals surface area contributed by atoms with Gasteiger partial charge in [0.05, 0.1) is 29.4 Å². The quantitative estimate of drug-likeness (QED) is 0.446. The second-order valence-corrected chi connectivity index (χ2v) is 5.83. The lowest BCUT2D eigenvalue weighted by Crippen LogP contribution is -2.65. The molecule has 0 spiro atoms. The molecule has 1 aliphatic heterocycles. The van der Waals surface area contributed by atoms with E-state index in [1.54, 1.807) is 22.9 Å². The first kappa shape index (κ1) is 13.3. The van der Waals surface area contributed by atoms with E-state index in [0.29, 0.717) is 0 Å². The Morgan fingerprint density at radius 1 is 1.33 bits per heavy atom. The van der Waals surface area contributed by atoms with Crippen LogP contribution in [-0.2, 0) is 9.24 Å². The molecule has 1 aliphatic rings. The Morgan fingerprint density at radius 2 is 2.00 bits per heavy atom. The smallest absolute Gasteiger partial charge is 0.334 e. The SMILES string of the molecule is O=C1NCC(Br)(n2c(=O)ccn(I)c2=O)C(=O)N1. The average molecular weight is 429 g/mol. The zero-order chi connectivity index (χ0) is 13.5. The molecule has 3 amide bonds. The van der Waals surface area contributed by atoms with Gasteiger partial charge in [0.15, 0.2) is 0 Å². The van der Waals surface area contributed by atoms with Crippen LogP contribution in [0.15, 0.2) is 21.9 Å². The maximum atomic E-state index is 11.9. The highest BCUT2D eigenvalue weighted by molar-refractivity contribution is 14.1. The number of aromatic nitrogens is 2. The molecule has 96 valence electrons. The van der Waals surface area contributed by atoms with Crippen LogP contribution in [0.2, 0.25) is 0 Å². The van der Waals surface area contributed by atoms with Gasteiger partial charge in [0.25, 0.3) is 11.5 Å². The van der Waals surface area contributed by atoms with Gasteiger partial charge in [0, 0.05) is 12.3 Å². The number of amides is 3. The van der Waals surface area contributed by atoms with E-state index in [0.717, 1.165) is 13.4 Å². The van der Waals surface area contributed by atoms with Gasteiger partial charge in [-0.2, -0.15) is 0 Å². The number of urea groups is 1. The van der Waals surface area contributed by atoms with E-state index in [2.05, 4.69) is 21.2 Å². The maximum Gasteiger partial charge on any atom is 0.341 e. The van der Waals surface area contributed by atoms with Crippen LogP contribution in [0.25, 0.3) is 0 Å². The largest absolute Gasteiger partial charge is 0.341 e. The first-order chi connectivity index (χ1) is 8.36. The van der Waals surface area contributed by atoms with Crippen molar-refractivity contribution in [3.63, 3.8) is 0 Å². The zero-order valence-electron chi connectivity index (χ0n) is 8.65. The molecular weight excluding hydrogens is 423 g/mol. The minimum atomic E-state index is -1.62. The molecule has 8 nitrogen and oxygen atoms in total. The Labute approximate surface area is 122 Å². The third kappa shape index (κ3) is 1.98. The molecule has 1 unspecified atom stereocenters. The van der Waals surface area contributed by atoms with Gasteiger partial charge < -0.3 is 5.32 Å². The summed E-state index contributed by atoms with van der Waals surface area (Å²) in [5.41, 5.74) is -1.32. The predicted molar refractivity (Wildman–Crippen MR) is 72.8 cm³/mol. The van der Waals surface area contributed by atoms with Crippen LogP contribution in [0.4, 0.5) is 4.79 Å². The fourth-order valence-corrected chi connectivity index (χ4v) is 2.43. The van der Waals surface area contributed by atoms with Gasteiger partial charge in [0.1, 0.15) is 0 Å². The fraction of sp³-hybridized carbons (Fsp3) is 0.250. The van der Waals surface area contributed by atoms with Crippen LogP contribution in [0.5, 0.6) is 0 Å². The molecule has 10 heteroatoms. The molecule has 2 heterocycles. The number of imide groups is 1. The lowest BCUT2D eigenvalue weighted by molar-refractivity contribution is -0.125. The topological polar surface area (TPSA) is 102 Å². The number of carbonyl (C=O) groups is 2. The highest BCUT2D eigenvalue weighted by Crippen LogP contribution is 2.23. The molecule has 0 bridgehead atoms. The van der Waals surface area contributed by atoms with Gasteiger partial charge in [0.2, 0.25) is 4.45 Å². The monoisotopic (exact) mass is 428 g/mol. The van der Waals surface area contributed by atoms with Crippen LogP contribution < -0.4 is 21.9 Å². The molecule has 1 aromatic heterocycles. The normalized spacial score (nSPS) is 23.4. The van der Waals surface area contributed by atoms with Crippen molar-refractivity contribution in [2.24, 2.45) is 0 Å². The lowest BCUT2D eigenvalue weighted by Gasteiger charge is -2.31. The lowest BCUT2D eigenvalue weighted by atomic mass is 10.2. The summed E-state index contributed by atoms with van der Waals surface area (Å²) in [7, 11) is 0. The summed E-state index contributed by atoms with van der Waals surface area (Å²) in [6, 6.07) is 0.481. The minimum Gasteiger partial charge on any atom is -0.334 e. The Kier molecular flexibility index (Phi) is 3.31. The number of nitrogens with zero attached hydrogens (tertiary/aromatic N) is 2. The molecule has 0 saturated carbocycles. The number of carbonyl (C=O) groups excluding carboxylic acids is 2. The van der Waals surface area contributed by atoms with Crippen LogP contribution in [0.3, 0.4) is 0 Å². The van der Waals surface area contributed by atoms with E-state index in [1.807, 2.05) is 5.32 Å². The third-order valence-electron chi connectivity index (χ3n) is 2.36. The number of hydrogen-bond acceptors (Lipinski definition) is 4. The Morgan fingerprint density at radius 3 is 2.61 bits per heavy atom. The van der Waals surface area contributed by atoms with E-state index in [9.17, 15) is 19.2 Å². The van der Waals surface area contributed by atoms with Crippen molar-refractivity contribution < 1.29 is 9.59 Å². The Bertz CT molecular complexity index is 653. The van der Waals surface area contributed by atoms with Crippen molar-refractivity contribution in [2.45, 2.75) is 4.45 Å². The highest BCUT2D eigenvalue weighted by atomic mass is 127. The number of hydrogen-bond donors (Lipinski definition) is 2. The maximum absolute atomic E-state index is 11.9. The summed E-state index contributed by atoms with van der Waals surface area (Å²) >= 11 is 4.74. The van der Waals surface area contributed by atoms with Crippen LogP contribution in [0.1, 0.15) is 0 Å². The summed E-state index contributed by atoms with van der Waals surface area (Å²) in [5.74, 6) is -0.770. The molecule has 2 N–H and O–H groups in total. The second kappa shape index (κ2) is 4.50. The summed E-state index contributed by atoms with van der Waals surface area (Å²) in [5, 5.41) is 4.34. The van der Waals surface area contributed by atoms with Gasteiger partial charge in [-0.05, 0) is 15.9 Å². The van der Waals surface area contributed by atoms with Crippen LogP contribution >= 0.6 is 38.8 Å². The number of halogens is 2. The summed E-state index contributed by atoms with van der Waals surface area (Å²) in [4.78, 5) is 46.5. The first-order valence-corrected chi connectivity index (χ1v) is 6.41. The molecular formula is C8H6BrIN4O4. The van der Waals surface area contributed by atoms with Crippen molar-refractivity contribution in [1.29, 1.82) is 0 Å². The summed E-state index contributed by atoms with van der Waals surface area (Å²) in [6.45, 7) is -0.201. The number of alkyl halides is 1. The van der Waals surface area contributed by atoms with Crippen LogP contribution in [-0.4, -0.2) is 25.8 Å². The van der Waals surface area contributed by atoms with Gasteiger partial charge in [-0.15, -0.1) is 0 Å². The molecule has 1 saturated heterocycles. The molecule has 2 rings (SSSR count). The fourth-order valence-electron chi connectivity index (χ4n) is 1.48. The standard InChI is InChI=1S/C8H6BrIN4O4/c9-8(3-11-6(17)12-5(8)16)14-4(15)1-2-13(10)7(14)18/h1-2H,3H2,(H2,11,12,16,17). The second-order valence-electron chi connectivity index (χ2n) is 3.48. The van der Waals surface area contributed by atoms with Gasteiger partial charge in [-0.25, -0.2) is 16.9 Å². The predicted octanol–water partition coefficient (Wildman–Crippen LogP) is -0.905. The summed E-state index contributed by atoms with van der Waals surface area (Å²) in [6.07, 6.45) is 1.29. The Hall–Kier alpha value is -1.17. The van der Waals surface area contributed by atoms with Gasteiger partial charge >= 0.3 is 11.7 Å². The molecule has 0 aromatic carbocycles. The minimum absolute atomic E-state index is 0.201. The van der Waals surface area contributed by atoms with Gasteiger partial charge in [-0.1, -0.05) is 0 Å². The number of nitrogens with one attached hydrogen (secondary N) is 2. The van der Waals surface area contributed by atoms with E-state index < -0.39 is 27.6 Å². The summed E-state index contributed by atoms with van der Waals surface area (Å²) < 4.78 is 0.253. The zero-order valence-corrected chi connectivity index (χ0v) is 12.4. The molecule has 1 aromatic rings. The van der Waals surface area contributed by atoms with Crippen LogP contribution in [0, 0.1) is 0 Å². The van der Waals surface area contributed by atoms with Crippen molar-refractivity contribution in [2.75, 3.05) is 6.54 Å². The van der Waals surface area contributed by atoms with Crippen molar-refractivity contribution in [3.8, 4) is 0 Å².